The Morgan fingerprint density at radius 1 is 1.40 bits per heavy atom. The van der Waals surface area contributed by atoms with Crippen molar-refractivity contribution in [3.05, 3.63) is 0 Å². The smallest absolute Gasteiger partial charge is 0.0515 e. The van der Waals surface area contributed by atoms with E-state index in [0.29, 0.717) is 17.9 Å². The van der Waals surface area contributed by atoms with E-state index in [1.807, 2.05) is 6.92 Å². The summed E-state index contributed by atoms with van der Waals surface area (Å²) in [6.45, 7) is 9.07. The zero-order valence-electron chi connectivity index (χ0n) is 10.2. The lowest BCUT2D eigenvalue weighted by atomic mass is 9.99. The monoisotopic (exact) mass is 215 g/mol. The Balaban J connectivity index is 2.12. The fraction of sp³-hybridized carbons (Fsp3) is 1.00. The summed E-state index contributed by atoms with van der Waals surface area (Å²) < 4.78 is 5.37. The molecule has 1 aliphatic heterocycles. The molecule has 4 atom stereocenters. The summed E-state index contributed by atoms with van der Waals surface area (Å²) in [7, 11) is 0. The number of hydrogen-bond acceptors (Lipinski definition) is 3. The first-order valence-electron chi connectivity index (χ1n) is 6.08. The lowest BCUT2D eigenvalue weighted by Crippen LogP contribution is -2.37. The predicted molar refractivity (Wildman–Crippen MR) is 61.9 cm³/mol. The largest absolute Gasteiger partial charge is 0.393 e. The van der Waals surface area contributed by atoms with Crippen LogP contribution in [-0.4, -0.2) is 37.0 Å². The molecule has 1 saturated heterocycles. The third-order valence-corrected chi connectivity index (χ3v) is 3.20. The van der Waals surface area contributed by atoms with Crippen LogP contribution >= 0.6 is 0 Å². The van der Waals surface area contributed by atoms with E-state index in [1.54, 1.807) is 0 Å². The fourth-order valence-electron chi connectivity index (χ4n) is 2.17. The van der Waals surface area contributed by atoms with Gasteiger partial charge >= 0.3 is 0 Å². The number of hydrogen-bond donors (Lipinski definition) is 2. The van der Waals surface area contributed by atoms with Crippen LogP contribution in [0.2, 0.25) is 0 Å². The summed E-state index contributed by atoms with van der Waals surface area (Å²) in [5, 5.41) is 12.8. The Bertz CT molecular complexity index is 167. The molecule has 0 aliphatic carbocycles. The molecule has 1 heterocycles. The highest BCUT2D eigenvalue weighted by molar-refractivity contribution is 4.76. The van der Waals surface area contributed by atoms with Crippen LogP contribution in [0.5, 0.6) is 0 Å². The quantitative estimate of drug-likeness (QED) is 0.704. The van der Waals surface area contributed by atoms with E-state index in [0.717, 1.165) is 26.2 Å². The van der Waals surface area contributed by atoms with Crippen molar-refractivity contribution in [1.82, 2.24) is 5.32 Å². The normalized spacial score (nSPS) is 27.6. The number of ether oxygens (including phenoxy) is 1. The highest BCUT2D eigenvalue weighted by Crippen LogP contribution is 2.16. The molecule has 90 valence electrons. The van der Waals surface area contributed by atoms with Crippen LogP contribution in [0.4, 0.5) is 0 Å². The first-order valence-corrected chi connectivity index (χ1v) is 6.08. The van der Waals surface area contributed by atoms with Crippen molar-refractivity contribution in [2.24, 2.45) is 11.8 Å². The van der Waals surface area contributed by atoms with Gasteiger partial charge in [0.25, 0.3) is 0 Å². The minimum atomic E-state index is -0.188. The van der Waals surface area contributed by atoms with Crippen molar-refractivity contribution in [1.29, 1.82) is 0 Å². The van der Waals surface area contributed by atoms with Gasteiger partial charge in [-0.25, -0.2) is 0 Å². The minimum absolute atomic E-state index is 0.188. The first-order chi connectivity index (χ1) is 7.09. The van der Waals surface area contributed by atoms with E-state index in [1.165, 1.54) is 6.42 Å². The molecule has 0 radical (unpaired) electrons. The Labute approximate surface area is 93.2 Å². The molecule has 0 aromatic carbocycles. The van der Waals surface area contributed by atoms with Gasteiger partial charge in [-0.15, -0.1) is 0 Å². The van der Waals surface area contributed by atoms with Crippen LogP contribution in [0.25, 0.3) is 0 Å². The Morgan fingerprint density at radius 3 is 2.67 bits per heavy atom. The Hall–Kier alpha value is -0.120. The highest BCUT2D eigenvalue weighted by atomic mass is 16.5. The summed E-state index contributed by atoms with van der Waals surface area (Å²) in [6.07, 6.45) is 1.87. The molecule has 1 fully saturated rings. The third-order valence-electron chi connectivity index (χ3n) is 3.20. The zero-order valence-corrected chi connectivity index (χ0v) is 10.2. The third kappa shape index (κ3) is 4.96. The van der Waals surface area contributed by atoms with Gasteiger partial charge in [0.15, 0.2) is 0 Å². The van der Waals surface area contributed by atoms with Gasteiger partial charge in [-0.1, -0.05) is 6.92 Å². The molecule has 0 saturated carbocycles. The maximum absolute atomic E-state index is 9.25. The average Bonchev–Trinajstić information content (AvgIpc) is 2.65. The molecule has 0 aromatic heterocycles. The molecule has 0 aromatic rings. The molecule has 4 unspecified atom stereocenters. The van der Waals surface area contributed by atoms with Gasteiger partial charge in [-0.05, 0) is 45.1 Å². The summed E-state index contributed by atoms with van der Waals surface area (Å²) in [6, 6.07) is 0.531. The van der Waals surface area contributed by atoms with Crippen LogP contribution in [0.1, 0.15) is 33.6 Å². The topological polar surface area (TPSA) is 41.5 Å². The Kier molecular flexibility index (Phi) is 5.58. The lowest BCUT2D eigenvalue weighted by molar-refractivity contribution is 0.158. The lowest BCUT2D eigenvalue weighted by Gasteiger charge is -2.22. The number of rotatable bonds is 6. The van der Waals surface area contributed by atoms with E-state index in [4.69, 9.17) is 4.74 Å². The molecule has 0 spiro atoms. The van der Waals surface area contributed by atoms with Crippen molar-refractivity contribution in [3.63, 3.8) is 0 Å². The van der Waals surface area contributed by atoms with Gasteiger partial charge < -0.3 is 15.2 Å². The van der Waals surface area contributed by atoms with Crippen molar-refractivity contribution in [2.75, 3.05) is 19.8 Å². The van der Waals surface area contributed by atoms with E-state index >= 15 is 0 Å². The number of aliphatic hydroxyl groups excluding tert-OH is 1. The summed E-state index contributed by atoms with van der Waals surface area (Å²) in [5.74, 6) is 1.21. The van der Waals surface area contributed by atoms with Gasteiger partial charge in [0, 0.05) is 12.6 Å². The highest BCUT2D eigenvalue weighted by Gasteiger charge is 2.22. The molecular weight excluding hydrogens is 190 g/mol. The zero-order chi connectivity index (χ0) is 11.3. The van der Waals surface area contributed by atoms with Gasteiger partial charge in [-0.2, -0.15) is 0 Å². The second-order valence-corrected chi connectivity index (χ2v) is 5.01. The van der Waals surface area contributed by atoms with Gasteiger partial charge in [0.2, 0.25) is 0 Å². The average molecular weight is 215 g/mol. The van der Waals surface area contributed by atoms with Gasteiger partial charge in [0.1, 0.15) is 0 Å². The second kappa shape index (κ2) is 6.46. The molecular formula is C12H25NO2. The van der Waals surface area contributed by atoms with Crippen LogP contribution in [0, 0.1) is 11.8 Å². The maximum atomic E-state index is 9.25. The molecule has 2 N–H and O–H groups in total. The van der Waals surface area contributed by atoms with E-state index in [-0.39, 0.29) is 6.10 Å². The summed E-state index contributed by atoms with van der Waals surface area (Å²) >= 11 is 0. The molecule has 3 nitrogen and oxygen atoms in total. The van der Waals surface area contributed by atoms with Crippen LogP contribution < -0.4 is 5.32 Å². The van der Waals surface area contributed by atoms with Gasteiger partial charge in [-0.3, -0.25) is 0 Å². The minimum Gasteiger partial charge on any atom is -0.393 e. The molecule has 3 heteroatoms. The van der Waals surface area contributed by atoms with Crippen LogP contribution in [0.3, 0.4) is 0 Å². The summed E-state index contributed by atoms with van der Waals surface area (Å²) in [4.78, 5) is 0. The molecule has 1 aliphatic rings. The van der Waals surface area contributed by atoms with Crippen molar-refractivity contribution in [2.45, 2.75) is 45.8 Å². The molecule has 0 bridgehead atoms. The SMILES string of the molecule is CC(O)CC(C)CNC(C)C1CCOC1. The van der Waals surface area contributed by atoms with E-state index < -0.39 is 0 Å². The van der Waals surface area contributed by atoms with E-state index in [9.17, 15) is 5.11 Å². The van der Waals surface area contributed by atoms with Crippen LogP contribution in [-0.2, 0) is 4.74 Å². The summed E-state index contributed by atoms with van der Waals surface area (Å²) in [5.41, 5.74) is 0. The van der Waals surface area contributed by atoms with Crippen LogP contribution in [0.15, 0.2) is 0 Å². The van der Waals surface area contributed by atoms with Crippen molar-refractivity contribution >= 4 is 0 Å². The second-order valence-electron chi connectivity index (χ2n) is 5.01. The standard InChI is InChI=1S/C12H25NO2/c1-9(6-10(2)14)7-13-11(3)12-4-5-15-8-12/h9-14H,4-8H2,1-3H3. The number of nitrogens with one attached hydrogen (secondary N) is 1. The molecule has 1 rings (SSSR count). The maximum Gasteiger partial charge on any atom is 0.0515 e. The van der Waals surface area contributed by atoms with Crippen molar-refractivity contribution in [3.8, 4) is 0 Å². The molecule has 0 amide bonds. The van der Waals surface area contributed by atoms with Crippen molar-refractivity contribution < 1.29 is 9.84 Å². The molecule has 15 heavy (non-hydrogen) atoms. The number of aliphatic hydroxyl groups is 1. The Morgan fingerprint density at radius 2 is 2.13 bits per heavy atom. The van der Waals surface area contributed by atoms with E-state index in [2.05, 4.69) is 19.2 Å². The fourth-order valence-corrected chi connectivity index (χ4v) is 2.17. The first kappa shape index (κ1) is 12.9. The van der Waals surface area contributed by atoms with Gasteiger partial charge in [0.05, 0.1) is 12.7 Å². The predicted octanol–water partition coefficient (Wildman–Crippen LogP) is 1.41.